The fourth-order valence-corrected chi connectivity index (χ4v) is 2.17. The van der Waals surface area contributed by atoms with Gasteiger partial charge in [0.2, 0.25) is 11.8 Å². The van der Waals surface area contributed by atoms with Crippen LogP contribution in [0.2, 0.25) is 0 Å². The summed E-state index contributed by atoms with van der Waals surface area (Å²) in [6.07, 6.45) is 0. The van der Waals surface area contributed by atoms with Gasteiger partial charge in [0.1, 0.15) is 0 Å². The largest absolute Gasteiger partial charge is 0.368 e. The first-order valence-electron chi connectivity index (χ1n) is 6.43. The Morgan fingerprint density at radius 2 is 1.80 bits per heavy atom. The van der Waals surface area contributed by atoms with Gasteiger partial charge in [-0.2, -0.15) is 0 Å². The van der Waals surface area contributed by atoms with Crippen LogP contribution in [-0.4, -0.2) is 60.1 Å². The first kappa shape index (κ1) is 14.2. The van der Waals surface area contributed by atoms with Crippen LogP contribution >= 0.6 is 0 Å². The van der Waals surface area contributed by atoms with E-state index in [0.29, 0.717) is 18.7 Å². The van der Waals surface area contributed by atoms with Gasteiger partial charge in [-0.25, -0.2) is 0 Å². The van der Waals surface area contributed by atoms with Gasteiger partial charge in [0, 0.05) is 18.7 Å². The second-order valence-electron chi connectivity index (χ2n) is 4.78. The zero-order chi connectivity index (χ0) is 14.5. The van der Waals surface area contributed by atoms with Crippen LogP contribution in [0.5, 0.6) is 0 Å². The minimum Gasteiger partial charge on any atom is -0.368 e. The monoisotopic (exact) mass is 275 g/mol. The molecule has 106 valence electrons. The van der Waals surface area contributed by atoms with Crippen molar-refractivity contribution in [2.24, 2.45) is 5.73 Å². The molecule has 20 heavy (non-hydrogen) atoms. The second kappa shape index (κ2) is 6.29. The van der Waals surface area contributed by atoms with E-state index in [0.717, 1.165) is 0 Å². The normalized spacial score (nSPS) is 16.2. The molecule has 1 heterocycles. The molecular formula is C14H17N3O3. The maximum absolute atomic E-state index is 12.0. The summed E-state index contributed by atoms with van der Waals surface area (Å²) in [6.45, 7) is 1.28. The van der Waals surface area contributed by atoms with Gasteiger partial charge in [-0.3, -0.25) is 19.3 Å². The van der Waals surface area contributed by atoms with Crippen molar-refractivity contribution >= 4 is 17.6 Å². The third kappa shape index (κ3) is 3.64. The van der Waals surface area contributed by atoms with Crippen LogP contribution in [0.1, 0.15) is 10.4 Å². The number of hydrogen-bond acceptors (Lipinski definition) is 4. The van der Waals surface area contributed by atoms with Gasteiger partial charge in [-0.15, -0.1) is 0 Å². The van der Waals surface area contributed by atoms with Crippen LogP contribution < -0.4 is 5.73 Å². The predicted octanol–water partition coefficient (Wildman–Crippen LogP) is -0.501. The number of nitrogens with two attached hydrogens (primary N) is 1. The summed E-state index contributed by atoms with van der Waals surface area (Å²) >= 11 is 0. The Labute approximate surface area is 117 Å². The summed E-state index contributed by atoms with van der Waals surface area (Å²) in [7, 11) is 0. The maximum atomic E-state index is 12.0. The highest BCUT2D eigenvalue weighted by Gasteiger charge is 2.26. The highest BCUT2D eigenvalue weighted by Crippen LogP contribution is 2.06. The van der Waals surface area contributed by atoms with Gasteiger partial charge in [0.15, 0.2) is 5.78 Å². The quantitative estimate of drug-likeness (QED) is 0.734. The Morgan fingerprint density at radius 3 is 2.40 bits per heavy atom. The van der Waals surface area contributed by atoms with Gasteiger partial charge < -0.3 is 10.6 Å². The molecular weight excluding hydrogens is 258 g/mol. The molecule has 6 heteroatoms. The fraction of sp³-hybridized carbons (Fsp3) is 0.357. The van der Waals surface area contributed by atoms with Gasteiger partial charge in [-0.1, -0.05) is 30.3 Å². The molecule has 0 unspecified atom stereocenters. The number of Topliss-reactive ketones (excluding diaryl/α,β-unsaturated/α-hetero) is 1. The Balaban J connectivity index is 1.89. The molecule has 0 saturated carbocycles. The Morgan fingerprint density at radius 1 is 1.10 bits per heavy atom. The molecule has 1 aromatic rings. The summed E-state index contributed by atoms with van der Waals surface area (Å²) in [6, 6.07) is 8.98. The molecule has 2 amide bonds. The molecule has 1 aromatic carbocycles. The highest BCUT2D eigenvalue weighted by atomic mass is 16.2. The van der Waals surface area contributed by atoms with Crippen molar-refractivity contribution in [1.82, 2.24) is 9.80 Å². The van der Waals surface area contributed by atoms with Crippen LogP contribution in [0, 0.1) is 0 Å². The number of carbonyl (C=O) groups excluding carboxylic acids is 3. The van der Waals surface area contributed by atoms with E-state index in [-0.39, 0.29) is 31.3 Å². The zero-order valence-corrected chi connectivity index (χ0v) is 11.1. The average Bonchev–Trinajstić information content (AvgIpc) is 2.42. The Bertz CT molecular complexity index is 516. The number of benzene rings is 1. The van der Waals surface area contributed by atoms with Crippen LogP contribution in [0.3, 0.4) is 0 Å². The summed E-state index contributed by atoms with van der Waals surface area (Å²) in [5.74, 6) is -0.704. The molecule has 0 aliphatic carbocycles. The van der Waals surface area contributed by atoms with E-state index >= 15 is 0 Å². The average molecular weight is 275 g/mol. The lowest BCUT2D eigenvalue weighted by Gasteiger charge is -2.33. The number of ketones is 1. The van der Waals surface area contributed by atoms with E-state index in [1.54, 1.807) is 17.0 Å². The topological polar surface area (TPSA) is 83.7 Å². The van der Waals surface area contributed by atoms with E-state index in [9.17, 15) is 14.4 Å². The summed E-state index contributed by atoms with van der Waals surface area (Å²) in [5.41, 5.74) is 5.71. The van der Waals surface area contributed by atoms with Gasteiger partial charge in [-0.05, 0) is 0 Å². The van der Waals surface area contributed by atoms with E-state index in [1.165, 1.54) is 4.90 Å². The molecule has 1 fully saturated rings. The highest BCUT2D eigenvalue weighted by molar-refractivity contribution is 5.98. The molecule has 6 nitrogen and oxygen atoms in total. The maximum Gasteiger partial charge on any atom is 0.237 e. The van der Waals surface area contributed by atoms with E-state index in [2.05, 4.69) is 0 Å². The third-order valence-electron chi connectivity index (χ3n) is 3.21. The molecule has 0 aromatic heterocycles. The predicted molar refractivity (Wildman–Crippen MR) is 73.0 cm³/mol. The van der Waals surface area contributed by atoms with Crippen molar-refractivity contribution in [3.05, 3.63) is 35.9 Å². The van der Waals surface area contributed by atoms with E-state index < -0.39 is 5.91 Å². The van der Waals surface area contributed by atoms with Crippen LogP contribution in [0.25, 0.3) is 0 Å². The molecule has 2 N–H and O–H groups in total. The Kier molecular flexibility index (Phi) is 4.47. The van der Waals surface area contributed by atoms with E-state index in [1.807, 2.05) is 18.2 Å². The van der Waals surface area contributed by atoms with Crippen molar-refractivity contribution in [1.29, 1.82) is 0 Å². The van der Waals surface area contributed by atoms with Crippen LogP contribution in [0.15, 0.2) is 30.3 Å². The smallest absolute Gasteiger partial charge is 0.237 e. The molecule has 1 aliphatic heterocycles. The summed E-state index contributed by atoms with van der Waals surface area (Å²) in [4.78, 5) is 37.9. The van der Waals surface area contributed by atoms with Crippen molar-refractivity contribution in [2.75, 3.05) is 32.7 Å². The van der Waals surface area contributed by atoms with Crippen molar-refractivity contribution < 1.29 is 14.4 Å². The number of hydrogen-bond donors (Lipinski definition) is 1. The van der Waals surface area contributed by atoms with Gasteiger partial charge in [0.05, 0.1) is 19.6 Å². The lowest BCUT2D eigenvalue weighted by molar-refractivity contribution is -0.139. The van der Waals surface area contributed by atoms with E-state index in [4.69, 9.17) is 5.73 Å². The molecule has 2 rings (SSSR count). The first-order chi connectivity index (χ1) is 9.56. The molecule has 0 bridgehead atoms. The number of piperazine rings is 1. The lowest BCUT2D eigenvalue weighted by atomic mass is 10.1. The Hall–Kier alpha value is -2.21. The molecule has 1 aliphatic rings. The van der Waals surface area contributed by atoms with Crippen LogP contribution in [-0.2, 0) is 9.59 Å². The third-order valence-corrected chi connectivity index (χ3v) is 3.21. The standard InChI is InChI=1S/C14H17N3O3/c15-13(19)9-17-7-6-16(10-14(17)20)8-12(18)11-4-2-1-3-5-11/h1-5H,6-10H2,(H2,15,19). The van der Waals surface area contributed by atoms with Gasteiger partial charge >= 0.3 is 0 Å². The van der Waals surface area contributed by atoms with Crippen LogP contribution in [0.4, 0.5) is 0 Å². The lowest BCUT2D eigenvalue weighted by Crippen LogP contribution is -2.53. The van der Waals surface area contributed by atoms with Crippen molar-refractivity contribution in [3.8, 4) is 0 Å². The number of carbonyl (C=O) groups is 3. The first-order valence-corrected chi connectivity index (χ1v) is 6.43. The fourth-order valence-electron chi connectivity index (χ4n) is 2.17. The number of nitrogens with zero attached hydrogens (tertiary/aromatic N) is 2. The minimum atomic E-state index is -0.521. The number of rotatable bonds is 5. The second-order valence-corrected chi connectivity index (χ2v) is 4.78. The summed E-state index contributed by atoms with van der Waals surface area (Å²) < 4.78 is 0. The SMILES string of the molecule is NC(=O)CN1CCN(CC(=O)c2ccccc2)CC1=O. The zero-order valence-electron chi connectivity index (χ0n) is 11.1. The number of primary amides is 1. The minimum absolute atomic E-state index is 0.0123. The molecule has 0 radical (unpaired) electrons. The van der Waals surface area contributed by atoms with Crippen molar-refractivity contribution in [2.45, 2.75) is 0 Å². The molecule has 0 atom stereocenters. The van der Waals surface area contributed by atoms with Gasteiger partial charge in [0.25, 0.3) is 0 Å². The molecule has 0 spiro atoms. The molecule has 1 saturated heterocycles. The summed E-state index contributed by atoms with van der Waals surface area (Å²) in [5, 5.41) is 0. The van der Waals surface area contributed by atoms with Crippen molar-refractivity contribution in [3.63, 3.8) is 0 Å². The number of amides is 2.